The summed E-state index contributed by atoms with van der Waals surface area (Å²) in [6.45, 7) is 3.51. The van der Waals surface area contributed by atoms with Gasteiger partial charge in [-0.15, -0.1) is 0 Å². The largest absolute Gasteiger partial charge is 0.390 e. The molecule has 0 spiro atoms. The number of morpholine rings is 1. The number of aliphatic hydroxyl groups excluding tert-OH is 1. The molecule has 2 aliphatic rings. The first-order valence-electron chi connectivity index (χ1n) is 7.77. The second-order valence-electron chi connectivity index (χ2n) is 5.96. The maximum Gasteiger partial charge on any atom is 0.227 e. The van der Waals surface area contributed by atoms with Gasteiger partial charge in [0.2, 0.25) is 5.91 Å². The molecule has 0 aromatic heterocycles. The Morgan fingerprint density at radius 1 is 1.35 bits per heavy atom. The molecule has 1 amide bonds. The van der Waals surface area contributed by atoms with Gasteiger partial charge < -0.3 is 14.7 Å². The van der Waals surface area contributed by atoms with Crippen molar-refractivity contribution in [3.8, 4) is 0 Å². The Kier molecular flexibility index (Phi) is 5.16. The predicted octanol–water partition coefficient (Wildman–Crippen LogP) is 0.925. The summed E-state index contributed by atoms with van der Waals surface area (Å²) < 4.78 is 19.1. The van der Waals surface area contributed by atoms with Crippen molar-refractivity contribution in [2.75, 3.05) is 39.4 Å². The number of nitrogens with zero attached hydrogens (tertiary/aromatic N) is 2. The van der Waals surface area contributed by atoms with E-state index in [9.17, 15) is 14.3 Å². The summed E-state index contributed by atoms with van der Waals surface area (Å²) in [5.74, 6) is -0.692. The van der Waals surface area contributed by atoms with Crippen LogP contribution in [0.3, 0.4) is 0 Å². The molecule has 1 N–H and O–H groups in total. The Hall–Kier alpha value is -1.21. The molecule has 1 aromatic carbocycles. The van der Waals surface area contributed by atoms with Gasteiger partial charge in [-0.25, -0.2) is 4.39 Å². The van der Waals surface area contributed by atoms with Gasteiger partial charge >= 0.3 is 0 Å². The van der Waals surface area contributed by atoms with E-state index in [2.05, 4.69) is 4.90 Å². The number of ether oxygens (including phenoxy) is 1. The zero-order valence-corrected chi connectivity index (χ0v) is 13.5. The monoisotopic (exact) mass is 342 g/mol. The number of hydrogen-bond donors (Lipinski definition) is 1. The Morgan fingerprint density at radius 2 is 2.09 bits per heavy atom. The maximum absolute atomic E-state index is 13.8. The van der Waals surface area contributed by atoms with Crippen molar-refractivity contribution < 1.29 is 19.0 Å². The van der Waals surface area contributed by atoms with Gasteiger partial charge in [0, 0.05) is 36.8 Å². The Morgan fingerprint density at radius 3 is 2.78 bits per heavy atom. The van der Waals surface area contributed by atoms with E-state index in [1.807, 2.05) is 0 Å². The first-order valence-corrected chi connectivity index (χ1v) is 8.14. The van der Waals surface area contributed by atoms with Crippen molar-refractivity contribution >= 4 is 17.5 Å². The Balaban J connectivity index is 1.64. The van der Waals surface area contributed by atoms with Crippen LogP contribution < -0.4 is 0 Å². The molecule has 2 saturated heterocycles. The van der Waals surface area contributed by atoms with Crippen LogP contribution in [0.4, 0.5) is 4.39 Å². The number of likely N-dealkylation sites (tertiary alicyclic amines) is 1. The van der Waals surface area contributed by atoms with E-state index in [1.54, 1.807) is 11.0 Å². The molecular weight excluding hydrogens is 323 g/mol. The fourth-order valence-corrected chi connectivity index (χ4v) is 3.44. The van der Waals surface area contributed by atoms with Gasteiger partial charge in [-0.3, -0.25) is 9.69 Å². The predicted molar refractivity (Wildman–Crippen MR) is 83.9 cm³/mol. The highest BCUT2D eigenvalue weighted by Gasteiger charge is 2.38. The Bertz CT molecular complexity index is 560. The van der Waals surface area contributed by atoms with E-state index in [0.29, 0.717) is 19.8 Å². The lowest BCUT2D eigenvalue weighted by Crippen LogP contribution is -2.49. The van der Waals surface area contributed by atoms with Crippen LogP contribution in [0.1, 0.15) is 5.56 Å². The minimum atomic E-state index is -0.590. The highest BCUT2D eigenvalue weighted by molar-refractivity contribution is 6.31. The lowest BCUT2D eigenvalue weighted by Gasteiger charge is -2.33. The van der Waals surface area contributed by atoms with Crippen molar-refractivity contribution in [2.45, 2.75) is 18.6 Å². The number of carbonyl (C=O) groups is 1. The van der Waals surface area contributed by atoms with Crippen LogP contribution in [-0.2, 0) is 16.0 Å². The molecule has 0 bridgehead atoms. The molecule has 0 radical (unpaired) electrons. The molecule has 7 heteroatoms. The highest BCUT2D eigenvalue weighted by Crippen LogP contribution is 2.23. The Labute approximate surface area is 139 Å². The smallest absolute Gasteiger partial charge is 0.227 e. The molecule has 3 rings (SSSR count). The van der Waals surface area contributed by atoms with E-state index >= 15 is 0 Å². The summed E-state index contributed by atoms with van der Waals surface area (Å²) in [5.41, 5.74) is 0.212. The van der Waals surface area contributed by atoms with E-state index in [4.69, 9.17) is 16.3 Å². The fraction of sp³-hybridized carbons (Fsp3) is 0.562. The third-order valence-corrected chi connectivity index (χ3v) is 4.87. The average Bonchev–Trinajstić information content (AvgIpc) is 2.94. The summed E-state index contributed by atoms with van der Waals surface area (Å²) >= 11 is 5.98. The van der Waals surface area contributed by atoms with Gasteiger partial charge in [0.15, 0.2) is 0 Å². The quantitative estimate of drug-likeness (QED) is 0.887. The molecule has 0 saturated carbocycles. The van der Waals surface area contributed by atoms with Crippen molar-refractivity contribution in [1.29, 1.82) is 0 Å². The van der Waals surface area contributed by atoms with Crippen molar-refractivity contribution in [3.63, 3.8) is 0 Å². The van der Waals surface area contributed by atoms with Crippen LogP contribution >= 0.6 is 11.6 Å². The third kappa shape index (κ3) is 3.66. The van der Waals surface area contributed by atoms with Crippen LogP contribution in [0, 0.1) is 5.82 Å². The van der Waals surface area contributed by atoms with Crippen molar-refractivity contribution in [2.24, 2.45) is 0 Å². The number of rotatable bonds is 3. The summed E-state index contributed by atoms with van der Waals surface area (Å²) in [4.78, 5) is 16.2. The van der Waals surface area contributed by atoms with E-state index in [1.165, 1.54) is 12.1 Å². The van der Waals surface area contributed by atoms with Gasteiger partial charge in [-0.05, 0) is 12.1 Å². The second kappa shape index (κ2) is 7.13. The van der Waals surface area contributed by atoms with Gasteiger partial charge in [0.25, 0.3) is 0 Å². The second-order valence-corrected chi connectivity index (χ2v) is 6.37. The van der Waals surface area contributed by atoms with Gasteiger partial charge in [-0.2, -0.15) is 0 Å². The lowest BCUT2D eigenvalue weighted by molar-refractivity contribution is -0.129. The highest BCUT2D eigenvalue weighted by atomic mass is 35.5. The first-order chi connectivity index (χ1) is 11.1. The topological polar surface area (TPSA) is 53.0 Å². The maximum atomic E-state index is 13.8. The van der Waals surface area contributed by atoms with Crippen molar-refractivity contribution in [3.05, 3.63) is 34.6 Å². The number of hydrogen-bond acceptors (Lipinski definition) is 4. The van der Waals surface area contributed by atoms with E-state index in [0.717, 1.165) is 13.1 Å². The SMILES string of the molecule is O=C(Cc1c(F)cccc1Cl)N1C[C@@H](O)[C@H](N2CCOCC2)C1. The summed E-state index contributed by atoms with van der Waals surface area (Å²) in [7, 11) is 0. The summed E-state index contributed by atoms with van der Waals surface area (Å²) in [6, 6.07) is 4.30. The number of halogens is 2. The molecule has 2 fully saturated rings. The number of carbonyl (C=O) groups excluding carboxylic acids is 1. The molecule has 1 aromatic rings. The molecule has 0 unspecified atom stereocenters. The minimum Gasteiger partial charge on any atom is -0.390 e. The van der Waals surface area contributed by atoms with Gasteiger partial charge in [0.1, 0.15) is 5.82 Å². The molecule has 2 atom stereocenters. The van der Waals surface area contributed by atoms with Crippen LogP contribution in [0.2, 0.25) is 5.02 Å². The number of β-amino-alcohol motifs (C(OH)–C–C–N with tert-alkyl or cyclic N) is 1. The van der Waals surface area contributed by atoms with E-state index in [-0.39, 0.29) is 35.5 Å². The molecule has 2 aliphatic heterocycles. The standard InChI is InChI=1S/C16H20ClFN2O3/c17-12-2-1-3-13(18)11(12)8-16(22)20-9-14(15(21)10-20)19-4-6-23-7-5-19/h1-3,14-15,21H,4-10H2/t14-,15-/m1/s1. The lowest BCUT2D eigenvalue weighted by atomic mass is 10.1. The van der Waals surface area contributed by atoms with Gasteiger partial charge in [0.05, 0.1) is 31.8 Å². The normalized spacial score (nSPS) is 25.8. The van der Waals surface area contributed by atoms with Crippen molar-refractivity contribution in [1.82, 2.24) is 9.80 Å². The summed E-state index contributed by atoms with van der Waals surface area (Å²) in [6.07, 6.45) is -0.679. The molecule has 2 heterocycles. The molecule has 0 aliphatic carbocycles. The first kappa shape index (κ1) is 16.6. The number of aliphatic hydroxyl groups is 1. The summed E-state index contributed by atoms with van der Waals surface area (Å²) in [5, 5.41) is 10.5. The fourth-order valence-electron chi connectivity index (χ4n) is 3.21. The molecule has 5 nitrogen and oxygen atoms in total. The third-order valence-electron chi connectivity index (χ3n) is 4.52. The van der Waals surface area contributed by atoms with Crippen LogP contribution in [0.15, 0.2) is 18.2 Å². The van der Waals surface area contributed by atoms with Crippen LogP contribution in [0.25, 0.3) is 0 Å². The van der Waals surface area contributed by atoms with E-state index < -0.39 is 11.9 Å². The number of benzene rings is 1. The zero-order valence-electron chi connectivity index (χ0n) is 12.8. The zero-order chi connectivity index (χ0) is 16.4. The van der Waals surface area contributed by atoms with Crippen LogP contribution in [0.5, 0.6) is 0 Å². The molecule has 126 valence electrons. The minimum absolute atomic E-state index is 0.0843. The number of amides is 1. The average molecular weight is 343 g/mol. The molecular formula is C16H20ClFN2O3. The molecule has 23 heavy (non-hydrogen) atoms. The van der Waals surface area contributed by atoms with Crippen LogP contribution in [-0.4, -0.2) is 72.4 Å². The van der Waals surface area contributed by atoms with Gasteiger partial charge in [-0.1, -0.05) is 17.7 Å².